The van der Waals surface area contributed by atoms with Crippen LogP contribution in [0.15, 0.2) is 28.7 Å². The Morgan fingerprint density at radius 2 is 1.91 bits per heavy atom. The summed E-state index contributed by atoms with van der Waals surface area (Å²) in [5.41, 5.74) is 0.677. The molecule has 1 aromatic carbocycles. The zero-order valence-electron chi connectivity index (χ0n) is 12.1. The van der Waals surface area contributed by atoms with Gasteiger partial charge in [0.15, 0.2) is 0 Å². The fourth-order valence-electron chi connectivity index (χ4n) is 2.34. The summed E-state index contributed by atoms with van der Waals surface area (Å²) in [6.07, 6.45) is 0.995. The van der Waals surface area contributed by atoms with Crippen LogP contribution in [0.1, 0.15) is 23.2 Å². The van der Waals surface area contributed by atoms with E-state index in [0.717, 1.165) is 17.3 Å². The Labute approximate surface area is 143 Å². The number of rotatable bonds is 4. The quantitative estimate of drug-likeness (QED) is 0.805. The number of alkyl halides is 1. The van der Waals surface area contributed by atoms with Crippen molar-refractivity contribution in [2.45, 2.75) is 18.9 Å². The molecular weight excluding hydrogens is 372 g/mol. The van der Waals surface area contributed by atoms with Crippen LogP contribution >= 0.6 is 27.5 Å². The first-order chi connectivity index (χ1) is 10.6. The van der Waals surface area contributed by atoms with Gasteiger partial charge in [-0.25, -0.2) is 4.79 Å². The molecule has 1 heterocycles. The third-order valence-corrected chi connectivity index (χ3v) is 4.19. The maximum Gasteiger partial charge on any atom is 0.407 e. The summed E-state index contributed by atoms with van der Waals surface area (Å²) in [4.78, 5) is 25.6. The maximum atomic E-state index is 12.4. The second kappa shape index (κ2) is 8.39. The molecule has 1 N–H and O–H groups in total. The highest BCUT2D eigenvalue weighted by molar-refractivity contribution is 9.10. The van der Waals surface area contributed by atoms with Crippen LogP contribution in [0.4, 0.5) is 4.79 Å². The van der Waals surface area contributed by atoms with E-state index in [2.05, 4.69) is 21.2 Å². The molecule has 0 spiro atoms. The summed E-state index contributed by atoms with van der Waals surface area (Å²) < 4.78 is 5.83. The van der Waals surface area contributed by atoms with Crippen molar-refractivity contribution in [3.63, 3.8) is 0 Å². The molecule has 0 aliphatic carbocycles. The molecule has 1 fully saturated rings. The van der Waals surface area contributed by atoms with E-state index >= 15 is 0 Å². The molecule has 0 bridgehead atoms. The lowest BCUT2D eigenvalue weighted by Gasteiger charge is -2.32. The Kier molecular flexibility index (Phi) is 6.51. The highest BCUT2D eigenvalue weighted by atomic mass is 79.9. The first kappa shape index (κ1) is 17.1. The van der Waals surface area contributed by atoms with Gasteiger partial charge in [-0.3, -0.25) is 4.79 Å². The minimum Gasteiger partial charge on any atom is -0.448 e. The first-order valence-electron chi connectivity index (χ1n) is 7.14. The third kappa shape index (κ3) is 4.88. The average molecular weight is 390 g/mol. The topological polar surface area (TPSA) is 58.6 Å². The minimum absolute atomic E-state index is 0.0238. The van der Waals surface area contributed by atoms with Crippen molar-refractivity contribution in [2.24, 2.45) is 0 Å². The molecule has 120 valence electrons. The van der Waals surface area contributed by atoms with Gasteiger partial charge in [-0.15, -0.1) is 11.6 Å². The van der Waals surface area contributed by atoms with Crippen molar-refractivity contribution < 1.29 is 14.3 Å². The van der Waals surface area contributed by atoms with E-state index in [1.54, 1.807) is 12.1 Å². The number of halogens is 2. The Morgan fingerprint density at radius 1 is 1.27 bits per heavy atom. The van der Waals surface area contributed by atoms with Crippen LogP contribution in [0.5, 0.6) is 0 Å². The largest absolute Gasteiger partial charge is 0.448 e. The van der Waals surface area contributed by atoms with E-state index < -0.39 is 6.09 Å². The van der Waals surface area contributed by atoms with Gasteiger partial charge in [-0.05, 0) is 37.1 Å². The third-order valence-electron chi connectivity index (χ3n) is 3.51. The van der Waals surface area contributed by atoms with Crippen LogP contribution in [0, 0.1) is 0 Å². The van der Waals surface area contributed by atoms with Crippen LogP contribution in [0.2, 0.25) is 0 Å². The van der Waals surface area contributed by atoms with E-state index in [9.17, 15) is 9.59 Å². The highest BCUT2D eigenvalue weighted by Gasteiger charge is 2.24. The van der Waals surface area contributed by atoms with Gasteiger partial charge >= 0.3 is 6.09 Å². The van der Waals surface area contributed by atoms with Crippen LogP contribution < -0.4 is 5.32 Å². The lowest BCUT2D eigenvalue weighted by atomic mass is 10.0. The van der Waals surface area contributed by atoms with Gasteiger partial charge in [-0.2, -0.15) is 0 Å². The summed E-state index contributed by atoms with van der Waals surface area (Å²) in [5, 5.41) is 2.80. The van der Waals surface area contributed by atoms with E-state index in [-0.39, 0.29) is 24.4 Å². The summed E-state index contributed by atoms with van der Waals surface area (Å²) in [6.45, 7) is 1.44. The number of likely N-dealkylation sites (tertiary alicyclic amines) is 1. The molecule has 7 heteroatoms. The molecule has 5 nitrogen and oxygen atoms in total. The monoisotopic (exact) mass is 388 g/mol. The maximum absolute atomic E-state index is 12.4. The molecule has 2 rings (SSSR count). The number of piperidine rings is 1. The van der Waals surface area contributed by atoms with E-state index in [1.165, 1.54) is 0 Å². The second-order valence-corrected chi connectivity index (χ2v) is 6.34. The molecule has 22 heavy (non-hydrogen) atoms. The number of ether oxygens (including phenoxy) is 1. The number of hydrogen-bond donors (Lipinski definition) is 1. The minimum atomic E-state index is -0.446. The van der Waals surface area contributed by atoms with Crippen molar-refractivity contribution in [1.29, 1.82) is 0 Å². The molecule has 0 atom stereocenters. The highest BCUT2D eigenvalue weighted by Crippen LogP contribution is 2.16. The lowest BCUT2D eigenvalue weighted by Crippen LogP contribution is -2.46. The molecule has 1 aromatic rings. The summed E-state index contributed by atoms with van der Waals surface area (Å²) in [7, 11) is 0. The fourth-order valence-corrected chi connectivity index (χ4v) is 2.68. The van der Waals surface area contributed by atoms with Gasteiger partial charge < -0.3 is 15.0 Å². The van der Waals surface area contributed by atoms with Crippen molar-refractivity contribution in [3.8, 4) is 0 Å². The summed E-state index contributed by atoms with van der Waals surface area (Å²) in [6, 6.07) is 7.36. The predicted molar refractivity (Wildman–Crippen MR) is 88.3 cm³/mol. The first-order valence-corrected chi connectivity index (χ1v) is 8.47. The summed E-state index contributed by atoms with van der Waals surface area (Å²) in [5.74, 6) is 0.309. The Morgan fingerprint density at radius 3 is 2.50 bits per heavy atom. The van der Waals surface area contributed by atoms with E-state index in [0.29, 0.717) is 18.7 Å². The molecule has 0 saturated carbocycles. The molecule has 0 unspecified atom stereocenters. The van der Waals surface area contributed by atoms with Crippen LogP contribution in [0.25, 0.3) is 0 Å². The second-order valence-electron chi connectivity index (χ2n) is 5.04. The number of nitrogens with one attached hydrogen (secondary N) is 1. The van der Waals surface area contributed by atoms with Crippen molar-refractivity contribution in [3.05, 3.63) is 34.3 Å². The normalized spacial score (nSPS) is 15.5. The summed E-state index contributed by atoms with van der Waals surface area (Å²) >= 11 is 8.81. The van der Waals surface area contributed by atoms with Gasteiger partial charge in [0, 0.05) is 29.2 Å². The molecular formula is C15H18BrClN2O3. The fraction of sp³-hybridized carbons (Fsp3) is 0.467. The number of hydrogen-bond acceptors (Lipinski definition) is 3. The van der Waals surface area contributed by atoms with Gasteiger partial charge in [0.1, 0.15) is 6.61 Å². The predicted octanol–water partition coefficient (Wildman–Crippen LogP) is 3.02. The van der Waals surface area contributed by atoms with Crippen LogP contribution in [-0.4, -0.2) is 48.5 Å². The molecule has 1 aliphatic heterocycles. The average Bonchev–Trinajstić information content (AvgIpc) is 2.54. The number of carbonyl (C=O) groups is 2. The molecule has 2 amide bonds. The van der Waals surface area contributed by atoms with Crippen LogP contribution in [-0.2, 0) is 4.74 Å². The Hall–Kier alpha value is -1.27. The number of alkyl carbamates (subject to hydrolysis) is 1. The van der Waals surface area contributed by atoms with Crippen molar-refractivity contribution in [2.75, 3.05) is 25.6 Å². The van der Waals surface area contributed by atoms with Gasteiger partial charge in [0.05, 0.1) is 5.88 Å². The Balaban J connectivity index is 1.80. The van der Waals surface area contributed by atoms with Crippen LogP contribution in [0.3, 0.4) is 0 Å². The molecule has 0 radical (unpaired) electrons. The lowest BCUT2D eigenvalue weighted by molar-refractivity contribution is 0.0702. The number of nitrogens with zero attached hydrogens (tertiary/aromatic N) is 1. The molecule has 1 aliphatic rings. The van der Waals surface area contributed by atoms with Gasteiger partial charge in [0.2, 0.25) is 0 Å². The zero-order chi connectivity index (χ0) is 15.9. The molecule has 1 saturated heterocycles. The number of carbonyl (C=O) groups excluding carboxylic acids is 2. The zero-order valence-corrected chi connectivity index (χ0v) is 14.4. The van der Waals surface area contributed by atoms with E-state index in [1.807, 2.05) is 17.0 Å². The number of benzene rings is 1. The standard InChI is InChI=1S/C15H18BrClN2O3/c16-12-3-1-11(2-4-12)14(20)19-8-5-13(6-9-19)18-15(21)22-10-7-17/h1-4,13H,5-10H2,(H,18,21). The van der Waals surface area contributed by atoms with Gasteiger partial charge in [0.25, 0.3) is 5.91 Å². The van der Waals surface area contributed by atoms with Crippen molar-refractivity contribution in [1.82, 2.24) is 10.2 Å². The smallest absolute Gasteiger partial charge is 0.407 e. The number of amides is 2. The van der Waals surface area contributed by atoms with E-state index in [4.69, 9.17) is 16.3 Å². The molecule has 0 aromatic heterocycles. The Bertz CT molecular complexity index is 516. The van der Waals surface area contributed by atoms with Crippen molar-refractivity contribution >= 4 is 39.5 Å². The SMILES string of the molecule is O=C(NC1CCN(C(=O)c2ccc(Br)cc2)CC1)OCCCl. The van der Waals surface area contributed by atoms with Gasteiger partial charge in [-0.1, -0.05) is 15.9 Å².